The molecule has 4 heterocycles. The summed E-state index contributed by atoms with van der Waals surface area (Å²) >= 11 is 0. The quantitative estimate of drug-likeness (QED) is 0.213. The molecule has 1 N–H and O–H groups in total. The Hall–Kier alpha value is -4.93. The van der Waals surface area contributed by atoms with Crippen LogP contribution in [0.1, 0.15) is 77.6 Å². The first kappa shape index (κ1) is 37.4. The largest absolute Gasteiger partial charge is 0.497 e. The van der Waals surface area contributed by atoms with Gasteiger partial charge in [0.1, 0.15) is 29.2 Å². The molecule has 0 unspecified atom stereocenters. The Morgan fingerprint density at radius 1 is 0.981 bits per heavy atom. The molecule has 0 bridgehead atoms. The maximum atomic E-state index is 14.7. The number of esters is 1. The molecule has 3 fully saturated rings. The molecular weight excluding hydrogens is 684 g/mol. The van der Waals surface area contributed by atoms with Crippen LogP contribution in [0.2, 0.25) is 0 Å². The summed E-state index contributed by atoms with van der Waals surface area (Å²) in [7, 11) is 1.61. The molecule has 3 aliphatic heterocycles. The fourth-order valence-electron chi connectivity index (χ4n) is 8.35. The van der Waals surface area contributed by atoms with Gasteiger partial charge in [-0.1, -0.05) is 55.3 Å². The number of hydrogen-bond acceptors (Lipinski definition) is 8. The zero-order valence-electron chi connectivity index (χ0n) is 31.5. The standard InChI is InChI=1S/C43H52N4O7/c1-3-53-42(51)43-27-31(43)18-12-6-4-5-9-17-30(23-39(48)46-21-13-8-14-22-46)41(50)47-28-33(25-37(47)40(49)45-43)54-38-26-35(29-15-10-7-11-16-29)44-36-24-32(52-2)19-20-34(36)38/h7,10-12,15-16,18-20,24,26,30-31,33,37H,3-6,8-9,13-14,17,21-23,25,27-28H2,1-2H3,(H,45,49)/b18-12-/t30-,31+,33-,37+,43-/m1/s1. The van der Waals surface area contributed by atoms with Gasteiger partial charge in [0, 0.05) is 60.8 Å². The van der Waals surface area contributed by atoms with Crippen molar-refractivity contribution in [3.8, 4) is 22.8 Å². The van der Waals surface area contributed by atoms with Crippen molar-refractivity contribution in [2.24, 2.45) is 11.8 Å². The van der Waals surface area contributed by atoms with Crippen LogP contribution in [-0.4, -0.2) is 89.5 Å². The van der Waals surface area contributed by atoms with Gasteiger partial charge in [0.15, 0.2) is 0 Å². The van der Waals surface area contributed by atoms with Crippen LogP contribution in [0.4, 0.5) is 0 Å². The minimum atomic E-state index is -1.17. The molecule has 1 saturated carbocycles. The predicted molar refractivity (Wildman–Crippen MR) is 205 cm³/mol. The van der Waals surface area contributed by atoms with Gasteiger partial charge in [0.05, 0.1) is 31.5 Å². The lowest BCUT2D eigenvalue weighted by Crippen LogP contribution is -2.54. The molecule has 0 radical (unpaired) electrons. The summed E-state index contributed by atoms with van der Waals surface area (Å²) in [5.74, 6) is -0.608. The van der Waals surface area contributed by atoms with Crippen molar-refractivity contribution in [2.75, 3.05) is 33.4 Å². The molecule has 11 nitrogen and oxygen atoms in total. The van der Waals surface area contributed by atoms with E-state index < -0.39 is 35.5 Å². The highest BCUT2D eigenvalue weighted by Gasteiger charge is 2.62. The normalized spacial score (nSPS) is 26.8. The van der Waals surface area contributed by atoms with E-state index in [-0.39, 0.29) is 43.7 Å². The van der Waals surface area contributed by atoms with Gasteiger partial charge in [-0.15, -0.1) is 0 Å². The molecule has 0 spiro atoms. The van der Waals surface area contributed by atoms with E-state index >= 15 is 0 Å². The highest BCUT2D eigenvalue weighted by molar-refractivity contribution is 5.96. The van der Waals surface area contributed by atoms with Gasteiger partial charge in [0.25, 0.3) is 0 Å². The number of nitrogens with one attached hydrogen (secondary N) is 1. The Morgan fingerprint density at radius 3 is 2.56 bits per heavy atom. The summed E-state index contributed by atoms with van der Waals surface area (Å²) < 4.78 is 17.8. The van der Waals surface area contributed by atoms with Gasteiger partial charge in [0.2, 0.25) is 17.7 Å². The number of benzene rings is 2. The first-order chi connectivity index (χ1) is 26.3. The number of carbonyl (C=O) groups excluding carboxylic acids is 4. The summed E-state index contributed by atoms with van der Waals surface area (Å²) in [5, 5.41) is 3.84. The second kappa shape index (κ2) is 16.6. The minimum absolute atomic E-state index is 0.00360. The Labute approximate surface area is 317 Å². The number of likely N-dealkylation sites (tertiary alicyclic amines) is 1. The lowest BCUT2D eigenvalue weighted by Gasteiger charge is -2.31. The number of allylic oxidation sites excluding steroid dienone is 1. The van der Waals surface area contributed by atoms with Gasteiger partial charge in [-0.05, 0) is 64.0 Å². The number of aromatic nitrogens is 1. The second-order valence-electron chi connectivity index (χ2n) is 15.1. The number of pyridine rings is 1. The predicted octanol–water partition coefficient (Wildman–Crippen LogP) is 6.24. The Kier molecular flexibility index (Phi) is 11.5. The minimum Gasteiger partial charge on any atom is -0.497 e. The second-order valence-corrected chi connectivity index (χ2v) is 15.1. The number of fused-ring (bicyclic) bond motifs is 3. The summed E-state index contributed by atoms with van der Waals surface area (Å²) in [5.41, 5.74) is 1.15. The number of ether oxygens (including phenoxy) is 3. The van der Waals surface area contributed by atoms with E-state index in [1.165, 1.54) is 0 Å². The monoisotopic (exact) mass is 736 g/mol. The van der Waals surface area contributed by atoms with E-state index in [4.69, 9.17) is 19.2 Å². The third-order valence-electron chi connectivity index (χ3n) is 11.5. The molecule has 11 heteroatoms. The highest BCUT2D eigenvalue weighted by Crippen LogP contribution is 2.46. The molecule has 2 saturated heterocycles. The lowest BCUT2D eigenvalue weighted by atomic mass is 9.94. The molecule has 2 aromatic carbocycles. The molecule has 3 aromatic rings. The van der Waals surface area contributed by atoms with Gasteiger partial charge < -0.3 is 29.3 Å². The molecule has 7 rings (SSSR count). The van der Waals surface area contributed by atoms with Crippen molar-refractivity contribution in [3.05, 3.63) is 66.7 Å². The fourth-order valence-corrected chi connectivity index (χ4v) is 8.35. The van der Waals surface area contributed by atoms with Crippen LogP contribution in [0.3, 0.4) is 0 Å². The molecule has 4 aliphatic rings. The van der Waals surface area contributed by atoms with E-state index in [9.17, 15) is 19.2 Å². The Balaban J connectivity index is 1.22. The first-order valence-corrected chi connectivity index (χ1v) is 19.7. The van der Waals surface area contributed by atoms with Crippen LogP contribution in [-0.2, 0) is 23.9 Å². The van der Waals surface area contributed by atoms with Gasteiger partial charge in [-0.3, -0.25) is 14.4 Å². The smallest absolute Gasteiger partial charge is 0.332 e. The summed E-state index contributed by atoms with van der Waals surface area (Å²) in [6.45, 7) is 3.53. The van der Waals surface area contributed by atoms with Gasteiger partial charge >= 0.3 is 5.97 Å². The summed E-state index contributed by atoms with van der Waals surface area (Å²) in [4.78, 5) is 64.6. The molecule has 5 atom stereocenters. The first-order valence-electron chi connectivity index (χ1n) is 19.7. The molecule has 1 aliphatic carbocycles. The number of hydrogen-bond donors (Lipinski definition) is 1. The van der Waals surface area contributed by atoms with Crippen LogP contribution in [0.25, 0.3) is 22.2 Å². The van der Waals surface area contributed by atoms with E-state index in [1.54, 1.807) is 18.9 Å². The zero-order chi connectivity index (χ0) is 37.7. The number of methoxy groups -OCH3 is 1. The van der Waals surface area contributed by atoms with E-state index in [0.29, 0.717) is 48.6 Å². The number of carbonyl (C=O) groups is 4. The number of amides is 3. The lowest BCUT2D eigenvalue weighted by molar-refractivity contribution is -0.150. The fraction of sp³-hybridized carbons (Fsp3) is 0.512. The third kappa shape index (κ3) is 8.10. The van der Waals surface area contributed by atoms with E-state index in [2.05, 4.69) is 11.4 Å². The van der Waals surface area contributed by atoms with Crippen molar-refractivity contribution < 1.29 is 33.4 Å². The maximum Gasteiger partial charge on any atom is 0.332 e. The zero-order valence-corrected chi connectivity index (χ0v) is 31.5. The van der Waals surface area contributed by atoms with Crippen molar-refractivity contribution in [1.82, 2.24) is 20.1 Å². The van der Waals surface area contributed by atoms with Crippen LogP contribution in [0.5, 0.6) is 11.5 Å². The Morgan fingerprint density at radius 2 is 1.78 bits per heavy atom. The molecule has 54 heavy (non-hydrogen) atoms. The van der Waals surface area contributed by atoms with Crippen LogP contribution >= 0.6 is 0 Å². The van der Waals surface area contributed by atoms with Gasteiger partial charge in [-0.25, -0.2) is 9.78 Å². The number of nitrogens with zero attached hydrogens (tertiary/aromatic N) is 3. The number of piperidine rings is 1. The SMILES string of the molecule is CCOC(=O)[C@@]12C[C@@H]1/C=C\CCCCC[C@H](CC(=O)N1CCCCC1)C(=O)N1C[C@H](Oc3cc(-c4ccccc4)nc4cc(OC)ccc34)C[C@H]1C(=O)N2. The molecule has 1 aromatic heterocycles. The number of rotatable bonds is 8. The Bertz CT molecular complexity index is 1880. The van der Waals surface area contributed by atoms with E-state index in [0.717, 1.165) is 55.9 Å². The van der Waals surface area contributed by atoms with Crippen molar-refractivity contribution >= 4 is 34.6 Å². The average Bonchev–Trinajstić information content (AvgIpc) is 3.73. The van der Waals surface area contributed by atoms with Crippen molar-refractivity contribution in [1.29, 1.82) is 0 Å². The summed E-state index contributed by atoms with van der Waals surface area (Å²) in [6, 6.07) is 16.5. The van der Waals surface area contributed by atoms with Gasteiger partial charge in [-0.2, -0.15) is 0 Å². The third-order valence-corrected chi connectivity index (χ3v) is 11.5. The van der Waals surface area contributed by atoms with E-state index in [1.807, 2.05) is 65.6 Å². The van der Waals surface area contributed by atoms with Crippen LogP contribution in [0, 0.1) is 11.8 Å². The van der Waals surface area contributed by atoms with Crippen molar-refractivity contribution in [3.63, 3.8) is 0 Å². The van der Waals surface area contributed by atoms with Crippen LogP contribution in [0.15, 0.2) is 66.7 Å². The molecule has 3 amide bonds. The van der Waals surface area contributed by atoms with Crippen LogP contribution < -0.4 is 14.8 Å². The molecule has 286 valence electrons. The summed E-state index contributed by atoms with van der Waals surface area (Å²) in [6.07, 6.45) is 11.4. The molecular formula is C43H52N4O7. The maximum absolute atomic E-state index is 14.7. The topological polar surface area (TPSA) is 127 Å². The van der Waals surface area contributed by atoms with Crippen molar-refractivity contribution in [2.45, 2.75) is 95.2 Å². The highest BCUT2D eigenvalue weighted by atomic mass is 16.5. The average molecular weight is 737 g/mol.